The second kappa shape index (κ2) is 20.3. The van der Waals surface area contributed by atoms with Gasteiger partial charge < -0.3 is 4.57 Å². The summed E-state index contributed by atoms with van der Waals surface area (Å²) in [4.78, 5) is 16.0. The van der Waals surface area contributed by atoms with Crippen LogP contribution in [0.1, 0.15) is 11.1 Å². The monoisotopic (exact) mass is 1010 g/mol. The maximum atomic E-state index is 9.94. The van der Waals surface area contributed by atoms with Crippen LogP contribution in [0.15, 0.2) is 279 Å². The van der Waals surface area contributed by atoms with Crippen LogP contribution in [0, 0.1) is 22.7 Å². The summed E-state index contributed by atoms with van der Waals surface area (Å²) in [6, 6.07) is 102. The summed E-state index contributed by atoms with van der Waals surface area (Å²) in [5.41, 5.74) is 12.5. The number of hydrogen-bond donors (Lipinski definition) is 0. The Balaban J connectivity index is 1.11. The van der Waals surface area contributed by atoms with E-state index in [2.05, 4.69) is 199 Å². The number of aromatic nitrogens is 4. The highest BCUT2D eigenvalue weighted by Crippen LogP contribution is 2.40. The van der Waals surface area contributed by atoms with Crippen molar-refractivity contribution in [2.75, 3.05) is 0 Å². The minimum Gasteiger partial charge on any atom is -0.309 e. The molecule has 0 spiro atoms. The molecule has 0 unspecified atom stereocenters. The first kappa shape index (κ1) is 47.2. The van der Waals surface area contributed by atoms with E-state index in [1.54, 1.807) is 0 Å². The summed E-state index contributed by atoms with van der Waals surface area (Å²) in [6.07, 6.45) is 0. The van der Waals surface area contributed by atoms with Crippen LogP contribution in [0.3, 0.4) is 0 Å². The summed E-state index contributed by atoms with van der Waals surface area (Å²) in [7, 11) is -2.94. The molecule has 78 heavy (non-hydrogen) atoms. The topological polar surface area (TPSA) is 91.2 Å². The molecule has 364 valence electrons. The maximum absolute atomic E-state index is 9.94. The van der Waals surface area contributed by atoms with Gasteiger partial charge in [0.25, 0.3) is 0 Å². The molecule has 0 N–H and O–H groups in total. The average Bonchev–Trinajstić information content (AvgIpc) is 3.97. The first-order valence-electron chi connectivity index (χ1n) is 25.9. The minimum atomic E-state index is -2.94. The van der Waals surface area contributed by atoms with Gasteiger partial charge in [0.1, 0.15) is 0 Å². The average molecular weight is 1010 g/mol. The Hall–Kier alpha value is -10.6. The van der Waals surface area contributed by atoms with Crippen molar-refractivity contribution in [1.29, 1.82) is 10.5 Å². The van der Waals surface area contributed by atoms with Crippen molar-refractivity contribution >= 4 is 50.6 Å². The lowest BCUT2D eigenvalue weighted by Gasteiger charge is -2.34. The molecule has 2 heterocycles. The molecule has 11 aromatic carbocycles. The van der Waals surface area contributed by atoms with Gasteiger partial charge >= 0.3 is 0 Å². The van der Waals surface area contributed by atoms with E-state index >= 15 is 0 Å². The van der Waals surface area contributed by atoms with Crippen LogP contribution in [0.5, 0.6) is 0 Å². The molecule has 0 aliphatic rings. The molecular formula is C71H46N6Si. The molecule has 0 bridgehead atoms. The molecule has 13 aromatic rings. The molecule has 6 nitrogen and oxygen atoms in total. The van der Waals surface area contributed by atoms with Crippen molar-refractivity contribution in [3.8, 4) is 85.4 Å². The van der Waals surface area contributed by atoms with Crippen molar-refractivity contribution in [1.82, 2.24) is 19.5 Å². The smallest absolute Gasteiger partial charge is 0.179 e. The molecule has 0 saturated heterocycles. The fourth-order valence-electron chi connectivity index (χ4n) is 11.2. The Bertz CT molecular complexity index is 4180. The van der Waals surface area contributed by atoms with E-state index in [0.29, 0.717) is 28.6 Å². The van der Waals surface area contributed by atoms with Gasteiger partial charge in [0.05, 0.1) is 34.3 Å². The zero-order valence-electron chi connectivity index (χ0n) is 42.2. The van der Waals surface area contributed by atoms with Crippen LogP contribution in [0.2, 0.25) is 0 Å². The third-order valence-electron chi connectivity index (χ3n) is 14.8. The van der Waals surface area contributed by atoms with Gasteiger partial charge in [0.2, 0.25) is 0 Å². The normalized spacial score (nSPS) is 11.3. The third-order valence-corrected chi connectivity index (χ3v) is 19.6. The van der Waals surface area contributed by atoms with E-state index in [0.717, 1.165) is 77.6 Å². The lowest BCUT2D eigenvalue weighted by atomic mass is 9.98. The quantitative estimate of drug-likeness (QED) is 0.0951. The van der Waals surface area contributed by atoms with Crippen LogP contribution < -0.4 is 20.7 Å². The molecule has 13 rings (SSSR count). The molecule has 0 aliphatic heterocycles. The summed E-state index contributed by atoms with van der Waals surface area (Å²) in [5, 5.41) is 27.1. The first-order chi connectivity index (χ1) is 38.5. The Kier molecular flexibility index (Phi) is 12.3. The van der Waals surface area contributed by atoms with Crippen LogP contribution >= 0.6 is 0 Å². The summed E-state index contributed by atoms with van der Waals surface area (Å²) >= 11 is 0. The highest BCUT2D eigenvalue weighted by Gasteiger charge is 2.41. The molecule has 2 aromatic heterocycles. The second-order valence-corrected chi connectivity index (χ2v) is 23.2. The summed E-state index contributed by atoms with van der Waals surface area (Å²) < 4.78 is 2.33. The van der Waals surface area contributed by atoms with E-state index in [4.69, 9.17) is 15.0 Å². The highest BCUT2D eigenvalue weighted by atomic mass is 28.3. The Morgan fingerprint density at radius 3 is 1.17 bits per heavy atom. The van der Waals surface area contributed by atoms with Crippen LogP contribution in [-0.2, 0) is 0 Å². The van der Waals surface area contributed by atoms with Crippen molar-refractivity contribution in [3.05, 3.63) is 290 Å². The first-order valence-corrected chi connectivity index (χ1v) is 27.9. The van der Waals surface area contributed by atoms with Gasteiger partial charge in [-0.2, -0.15) is 10.5 Å². The number of nitriles is 2. The van der Waals surface area contributed by atoms with Crippen molar-refractivity contribution in [2.24, 2.45) is 0 Å². The zero-order chi connectivity index (χ0) is 52.4. The molecule has 0 amide bonds. The molecule has 0 atom stereocenters. The van der Waals surface area contributed by atoms with Gasteiger partial charge in [0, 0.05) is 33.2 Å². The van der Waals surface area contributed by atoms with Crippen molar-refractivity contribution in [3.63, 3.8) is 0 Å². The van der Waals surface area contributed by atoms with Gasteiger partial charge in [0.15, 0.2) is 25.5 Å². The highest BCUT2D eigenvalue weighted by molar-refractivity contribution is 7.19. The molecule has 0 saturated carbocycles. The van der Waals surface area contributed by atoms with E-state index in [1.807, 2.05) is 97.1 Å². The predicted molar refractivity (Wildman–Crippen MR) is 320 cm³/mol. The number of fused-ring (bicyclic) bond motifs is 3. The Labute approximate surface area is 453 Å². The number of rotatable bonds is 11. The van der Waals surface area contributed by atoms with E-state index in [9.17, 15) is 10.5 Å². The molecule has 0 aliphatic carbocycles. The lowest BCUT2D eigenvalue weighted by Crippen LogP contribution is -2.74. The van der Waals surface area contributed by atoms with Crippen LogP contribution in [0.25, 0.3) is 95.0 Å². The fourth-order valence-corrected chi connectivity index (χ4v) is 16.0. The van der Waals surface area contributed by atoms with Crippen molar-refractivity contribution < 1.29 is 0 Å². The Morgan fingerprint density at radius 1 is 0.295 bits per heavy atom. The van der Waals surface area contributed by atoms with Gasteiger partial charge in [-0.3, -0.25) is 0 Å². The standard InChI is InChI=1S/C71H46N6Si/c72-47-49-19-16-25-53(41-49)55-35-38-64-65-39-36-56(54-26-17-20-50(42-54)48-73)45-68(65)77(67(64)44-55)58-37-40-63(66(46-58)71-75-69(51-21-6-1-7-22-51)74-70(76-71)52-23-8-2-9-24-52)57-27-18-34-62(43-57)78(59-28-10-3-11-29-59,60-30-12-4-13-31-60)61-32-14-5-15-33-61/h1-46H. The van der Waals surface area contributed by atoms with Crippen LogP contribution in [0.4, 0.5) is 0 Å². The number of hydrogen-bond acceptors (Lipinski definition) is 5. The van der Waals surface area contributed by atoms with Gasteiger partial charge in [-0.1, -0.05) is 231 Å². The minimum absolute atomic E-state index is 0.534. The van der Waals surface area contributed by atoms with Gasteiger partial charge in [-0.25, -0.2) is 15.0 Å². The SMILES string of the molecule is N#Cc1cccc(-c2ccc3c4ccc(-c5cccc(C#N)c5)cc4n(-c4ccc(-c5cccc([Si](c6ccccc6)(c6ccccc6)c6ccccc6)c5)c(-c5nc(-c6ccccc6)nc(-c6ccccc6)n5)c4)c3c2)c1. The lowest BCUT2D eigenvalue weighted by molar-refractivity contribution is 1.07. The van der Waals surface area contributed by atoms with Gasteiger partial charge in [-0.15, -0.1) is 0 Å². The number of nitrogens with zero attached hydrogens (tertiary/aromatic N) is 6. The zero-order valence-corrected chi connectivity index (χ0v) is 43.2. The van der Waals surface area contributed by atoms with Crippen molar-refractivity contribution in [2.45, 2.75) is 0 Å². The van der Waals surface area contributed by atoms with E-state index < -0.39 is 8.07 Å². The maximum Gasteiger partial charge on any atom is 0.179 e. The largest absolute Gasteiger partial charge is 0.309 e. The number of benzene rings is 11. The molecule has 7 heteroatoms. The van der Waals surface area contributed by atoms with E-state index in [1.165, 1.54) is 20.7 Å². The molecule has 0 fully saturated rings. The van der Waals surface area contributed by atoms with Crippen LogP contribution in [-0.4, -0.2) is 27.6 Å². The molecular weight excluding hydrogens is 965 g/mol. The fraction of sp³-hybridized carbons (Fsp3) is 0. The van der Waals surface area contributed by atoms with Gasteiger partial charge in [-0.05, 0) is 103 Å². The molecule has 0 radical (unpaired) electrons. The summed E-state index contributed by atoms with van der Waals surface area (Å²) in [6.45, 7) is 0. The summed E-state index contributed by atoms with van der Waals surface area (Å²) in [5.74, 6) is 1.67. The Morgan fingerprint density at radius 2 is 0.692 bits per heavy atom. The predicted octanol–water partition coefficient (Wildman–Crippen LogP) is 14.1. The second-order valence-electron chi connectivity index (χ2n) is 19.4. The third kappa shape index (κ3) is 8.53. The van der Waals surface area contributed by atoms with E-state index in [-0.39, 0.29) is 0 Å².